The number of likely N-dealkylation sites (tertiary alicyclic amines) is 1. The van der Waals surface area contributed by atoms with Gasteiger partial charge in [-0.15, -0.1) is 0 Å². The van der Waals surface area contributed by atoms with Gasteiger partial charge in [0.2, 0.25) is 0 Å². The summed E-state index contributed by atoms with van der Waals surface area (Å²) >= 11 is 0. The maximum absolute atomic E-state index is 13.2. The summed E-state index contributed by atoms with van der Waals surface area (Å²) in [6, 6.07) is 17.2. The van der Waals surface area contributed by atoms with E-state index in [1.54, 1.807) is 13.4 Å². The summed E-state index contributed by atoms with van der Waals surface area (Å²) in [4.78, 5) is 32.2. The van der Waals surface area contributed by atoms with Crippen molar-refractivity contribution in [3.05, 3.63) is 83.4 Å². The van der Waals surface area contributed by atoms with Gasteiger partial charge in [-0.3, -0.25) is 9.59 Å². The third-order valence-electron chi connectivity index (χ3n) is 6.63. The molecule has 0 radical (unpaired) electrons. The van der Waals surface area contributed by atoms with E-state index in [-0.39, 0.29) is 23.7 Å². The minimum atomic E-state index is -0.0969. The van der Waals surface area contributed by atoms with E-state index in [9.17, 15) is 9.59 Å². The van der Waals surface area contributed by atoms with Gasteiger partial charge >= 0.3 is 0 Å². The highest BCUT2D eigenvalue weighted by atomic mass is 16.5. The van der Waals surface area contributed by atoms with Crippen molar-refractivity contribution in [1.29, 1.82) is 0 Å². The van der Waals surface area contributed by atoms with E-state index >= 15 is 0 Å². The smallest absolute Gasteiger partial charge is 0.274 e. The number of rotatable bonds is 5. The number of aromatic nitrogens is 2. The van der Waals surface area contributed by atoms with Crippen molar-refractivity contribution in [3.8, 4) is 5.75 Å². The van der Waals surface area contributed by atoms with Gasteiger partial charge in [0.1, 0.15) is 11.9 Å². The predicted molar refractivity (Wildman–Crippen MR) is 122 cm³/mol. The molecular weight excluding hydrogens is 418 g/mol. The molecule has 0 bridgehead atoms. The number of ether oxygens (including phenoxy) is 2. The Labute approximate surface area is 192 Å². The number of benzene rings is 2. The number of carbonyl (C=O) groups excluding carboxylic acids is 2. The molecule has 0 N–H and O–H groups in total. The second-order valence-electron chi connectivity index (χ2n) is 8.56. The van der Waals surface area contributed by atoms with E-state index in [1.165, 1.54) is 0 Å². The first kappa shape index (κ1) is 21.4. The minimum Gasteiger partial charge on any atom is -0.497 e. The second-order valence-corrected chi connectivity index (χ2v) is 8.56. The summed E-state index contributed by atoms with van der Waals surface area (Å²) in [6.45, 7) is 2.06. The van der Waals surface area contributed by atoms with Crippen molar-refractivity contribution in [2.75, 3.05) is 20.2 Å². The van der Waals surface area contributed by atoms with E-state index in [4.69, 9.17) is 9.47 Å². The van der Waals surface area contributed by atoms with Crippen LogP contribution in [0.3, 0.4) is 0 Å². The molecule has 7 heteroatoms. The SMILES string of the molecule is COc1ccc(C2Cn3cnc(C(=O)N4CCC(C(=O)c5ccccc5)CC4)c3CO2)cc1. The fourth-order valence-electron chi connectivity index (χ4n) is 4.66. The highest BCUT2D eigenvalue weighted by molar-refractivity contribution is 5.98. The van der Waals surface area contributed by atoms with Gasteiger partial charge in [-0.05, 0) is 30.5 Å². The van der Waals surface area contributed by atoms with Crippen molar-refractivity contribution in [1.82, 2.24) is 14.5 Å². The number of nitrogens with zero attached hydrogens (tertiary/aromatic N) is 3. The topological polar surface area (TPSA) is 73.7 Å². The lowest BCUT2D eigenvalue weighted by Crippen LogP contribution is -2.41. The number of Topliss-reactive ketones (excluding diaryl/α,β-unsaturated/α-hetero) is 1. The molecule has 3 heterocycles. The Bertz CT molecular complexity index is 1130. The molecule has 1 amide bonds. The van der Waals surface area contributed by atoms with Gasteiger partial charge < -0.3 is 18.9 Å². The Morgan fingerprint density at radius 3 is 2.45 bits per heavy atom. The number of hydrogen-bond acceptors (Lipinski definition) is 5. The Morgan fingerprint density at radius 2 is 1.76 bits per heavy atom. The molecule has 5 rings (SSSR count). The number of hydrogen-bond donors (Lipinski definition) is 0. The summed E-state index contributed by atoms with van der Waals surface area (Å²) in [5.74, 6) is 0.849. The molecular formula is C26H27N3O4. The van der Waals surface area contributed by atoms with E-state index in [2.05, 4.69) is 4.98 Å². The molecule has 2 aliphatic rings. The van der Waals surface area contributed by atoms with Crippen molar-refractivity contribution in [2.24, 2.45) is 5.92 Å². The molecule has 33 heavy (non-hydrogen) atoms. The van der Waals surface area contributed by atoms with Gasteiger partial charge in [0.05, 0.1) is 32.3 Å². The summed E-state index contributed by atoms with van der Waals surface area (Å²) < 4.78 is 13.3. The number of amides is 1. The summed E-state index contributed by atoms with van der Waals surface area (Å²) in [7, 11) is 1.64. The molecule has 3 aromatic rings. The van der Waals surface area contributed by atoms with Crippen LogP contribution in [0.5, 0.6) is 5.75 Å². The summed E-state index contributed by atoms with van der Waals surface area (Å²) in [5.41, 5.74) is 3.07. The Balaban J connectivity index is 1.22. The van der Waals surface area contributed by atoms with E-state index in [0.29, 0.717) is 44.8 Å². The number of methoxy groups -OCH3 is 1. The number of imidazole rings is 1. The molecule has 1 atom stereocenters. The quantitative estimate of drug-likeness (QED) is 0.557. The zero-order chi connectivity index (χ0) is 22.8. The van der Waals surface area contributed by atoms with Crippen LogP contribution in [0.25, 0.3) is 0 Å². The van der Waals surface area contributed by atoms with Gasteiger partial charge in [0.25, 0.3) is 5.91 Å². The fourth-order valence-corrected chi connectivity index (χ4v) is 4.66. The Morgan fingerprint density at radius 1 is 1.03 bits per heavy atom. The first-order valence-electron chi connectivity index (χ1n) is 11.3. The molecule has 1 aromatic heterocycles. The Hall–Kier alpha value is -3.45. The van der Waals surface area contributed by atoms with Crippen LogP contribution < -0.4 is 4.74 Å². The number of ketones is 1. The lowest BCUT2D eigenvalue weighted by molar-refractivity contribution is 0.00226. The van der Waals surface area contributed by atoms with Gasteiger partial charge in [-0.2, -0.15) is 0 Å². The van der Waals surface area contributed by atoms with E-state index < -0.39 is 0 Å². The second kappa shape index (κ2) is 9.19. The monoisotopic (exact) mass is 445 g/mol. The predicted octanol–water partition coefficient (Wildman–Crippen LogP) is 3.90. The van der Waals surface area contributed by atoms with Crippen molar-refractivity contribution in [2.45, 2.75) is 32.1 Å². The standard InChI is InChI=1S/C26H27N3O4/c1-32-21-9-7-18(8-10-21)23-15-29-17-27-24(22(29)16-33-23)26(31)28-13-11-20(12-14-28)25(30)19-5-3-2-4-6-19/h2-10,17,20,23H,11-16H2,1H3. The molecule has 170 valence electrons. The third-order valence-corrected chi connectivity index (χ3v) is 6.63. The van der Waals surface area contributed by atoms with Crippen LogP contribution >= 0.6 is 0 Å². The molecule has 0 aliphatic carbocycles. The molecule has 2 aliphatic heterocycles. The van der Waals surface area contributed by atoms with Crippen molar-refractivity contribution in [3.63, 3.8) is 0 Å². The zero-order valence-corrected chi connectivity index (χ0v) is 18.6. The summed E-state index contributed by atoms with van der Waals surface area (Å²) in [6.07, 6.45) is 2.98. The zero-order valence-electron chi connectivity index (χ0n) is 18.6. The van der Waals surface area contributed by atoms with Crippen LogP contribution in [0.4, 0.5) is 0 Å². The minimum absolute atomic E-state index is 0.0408. The van der Waals surface area contributed by atoms with Crippen LogP contribution in [0, 0.1) is 5.92 Å². The van der Waals surface area contributed by atoms with Crippen LogP contribution in [0.1, 0.15) is 51.0 Å². The molecule has 1 unspecified atom stereocenters. The first-order valence-corrected chi connectivity index (χ1v) is 11.3. The number of carbonyl (C=O) groups is 2. The normalized spacial score (nSPS) is 18.6. The van der Waals surface area contributed by atoms with Crippen molar-refractivity contribution < 1.29 is 19.1 Å². The van der Waals surface area contributed by atoms with Gasteiger partial charge in [-0.1, -0.05) is 42.5 Å². The first-order chi connectivity index (χ1) is 16.1. The van der Waals surface area contributed by atoms with Gasteiger partial charge in [0.15, 0.2) is 11.5 Å². The fraction of sp³-hybridized carbons (Fsp3) is 0.346. The third kappa shape index (κ3) is 4.28. The number of fused-ring (bicyclic) bond motifs is 1. The largest absolute Gasteiger partial charge is 0.497 e. The average Bonchev–Trinajstić information content (AvgIpc) is 3.32. The average molecular weight is 446 g/mol. The molecule has 2 aromatic carbocycles. The molecule has 0 saturated carbocycles. The van der Waals surface area contributed by atoms with Crippen LogP contribution in [-0.4, -0.2) is 46.3 Å². The van der Waals surface area contributed by atoms with Crippen LogP contribution in [-0.2, 0) is 17.9 Å². The van der Waals surface area contributed by atoms with Gasteiger partial charge in [0, 0.05) is 24.6 Å². The summed E-state index contributed by atoms with van der Waals surface area (Å²) in [5, 5.41) is 0. The molecule has 7 nitrogen and oxygen atoms in total. The molecule has 1 saturated heterocycles. The number of piperidine rings is 1. The van der Waals surface area contributed by atoms with Crippen molar-refractivity contribution >= 4 is 11.7 Å². The lowest BCUT2D eigenvalue weighted by Gasteiger charge is -2.31. The highest BCUT2D eigenvalue weighted by Gasteiger charge is 2.32. The lowest BCUT2D eigenvalue weighted by atomic mass is 9.89. The Kier molecular flexibility index (Phi) is 5.96. The van der Waals surface area contributed by atoms with Gasteiger partial charge in [-0.25, -0.2) is 4.98 Å². The maximum Gasteiger partial charge on any atom is 0.274 e. The highest BCUT2D eigenvalue weighted by Crippen LogP contribution is 2.30. The maximum atomic E-state index is 13.2. The van der Waals surface area contributed by atoms with E-state index in [0.717, 1.165) is 22.6 Å². The van der Waals surface area contributed by atoms with E-state index in [1.807, 2.05) is 64.1 Å². The molecule has 1 fully saturated rings. The van der Waals surface area contributed by atoms with Crippen LogP contribution in [0.15, 0.2) is 60.9 Å². The van der Waals surface area contributed by atoms with Crippen LogP contribution in [0.2, 0.25) is 0 Å². The molecule has 0 spiro atoms.